The number of carbonyl (C=O) groups is 2. The first-order chi connectivity index (χ1) is 19.7. The van der Waals surface area contributed by atoms with Gasteiger partial charge in [-0.05, 0) is 90.4 Å². The molecule has 7 atom stereocenters. The summed E-state index contributed by atoms with van der Waals surface area (Å²) in [6.45, 7) is 5.42. The van der Waals surface area contributed by atoms with Gasteiger partial charge in [0.15, 0.2) is 0 Å². The molecule has 230 valence electrons. The number of hydrogen-bond donors (Lipinski definition) is 0. The van der Waals surface area contributed by atoms with Gasteiger partial charge in [0.25, 0.3) is 0 Å². The molecule has 3 rings (SSSR count). The highest BCUT2D eigenvalue weighted by molar-refractivity contribution is 5.82. The van der Waals surface area contributed by atoms with Gasteiger partial charge in [-0.15, -0.1) is 0 Å². The number of unbranched alkanes of at least 4 members (excludes halogenated alkanes) is 2. The maximum absolute atomic E-state index is 13.2. The Hall–Kier alpha value is -2.22. The van der Waals surface area contributed by atoms with Crippen LogP contribution in [0.15, 0.2) is 48.1 Å². The van der Waals surface area contributed by atoms with E-state index >= 15 is 0 Å². The Morgan fingerprint density at radius 2 is 1.71 bits per heavy atom. The van der Waals surface area contributed by atoms with Crippen molar-refractivity contribution < 1.29 is 28.5 Å². The largest absolute Gasteiger partial charge is 0.466 e. The summed E-state index contributed by atoms with van der Waals surface area (Å²) in [4.78, 5) is 27.4. The highest BCUT2D eigenvalue weighted by Crippen LogP contribution is 2.33. The van der Waals surface area contributed by atoms with Crippen LogP contribution in [0.2, 0.25) is 0 Å². The molecule has 0 aromatic carbocycles. The SMILES string of the molecule is COC(=O)/C=C1\C[C@H]2CC(=O)O[C@@H](/C=C/C=C\CCCCN(C)C)[C@@H](C)/C=C\[C@H](C)C[C@H]3CCC[C@@H](C[C@@H](C1)O2)O3. The second-order valence-electron chi connectivity index (χ2n) is 12.4. The van der Waals surface area contributed by atoms with Gasteiger partial charge in [-0.3, -0.25) is 4.79 Å². The number of allylic oxidation sites excluding steroid dienone is 4. The Balaban J connectivity index is 1.74. The van der Waals surface area contributed by atoms with E-state index in [1.807, 2.05) is 12.2 Å². The zero-order valence-electron chi connectivity index (χ0n) is 26.0. The van der Waals surface area contributed by atoms with Crippen molar-refractivity contribution in [3.05, 3.63) is 48.1 Å². The Labute approximate surface area is 248 Å². The molecule has 7 heteroatoms. The van der Waals surface area contributed by atoms with Crippen LogP contribution in [0.4, 0.5) is 0 Å². The minimum Gasteiger partial charge on any atom is -0.466 e. The summed E-state index contributed by atoms with van der Waals surface area (Å²) in [6.07, 6.45) is 23.3. The Bertz CT molecular complexity index is 937. The summed E-state index contributed by atoms with van der Waals surface area (Å²) >= 11 is 0. The molecule has 0 saturated carbocycles. The highest BCUT2D eigenvalue weighted by atomic mass is 16.6. The standard InChI is InChI=1S/C34H53NO6/c1-25-16-17-26(2)32(15-10-8-6-7-9-11-18-35(3)4)41-34(37)24-31-21-27(22-33(36)38-5)20-30(40-31)23-29-14-12-13-28(19-25)39-29/h6,8,10,15-17,22,25-26,28-32H,7,9,11-14,18-21,23-24H2,1-5H3/b8-6-,15-10+,17-16-,27-22-/t25-,26-,28+,29-,30+,31-,32-/m0/s1. The van der Waals surface area contributed by atoms with Crippen LogP contribution in [0.1, 0.15) is 84.5 Å². The third-order valence-electron chi connectivity index (χ3n) is 8.18. The number of rotatable bonds is 8. The van der Waals surface area contributed by atoms with E-state index in [9.17, 15) is 9.59 Å². The van der Waals surface area contributed by atoms with Crippen LogP contribution in [0.3, 0.4) is 0 Å². The van der Waals surface area contributed by atoms with Gasteiger partial charge in [0, 0.05) is 18.4 Å². The fourth-order valence-electron chi connectivity index (χ4n) is 5.97. The summed E-state index contributed by atoms with van der Waals surface area (Å²) in [6, 6.07) is 0. The second kappa shape index (κ2) is 17.7. The Morgan fingerprint density at radius 3 is 2.46 bits per heavy atom. The molecule has 0 amide bonds. The minimum atomic E-state index is -0.378. The molecule has 0 radical (unpaired) electrons. The molecule has 0 unspecified atom stereocenters. The van der Waals surface area contributed by atoms with Crippen LogP contribution in [0.25, 0.3) is 0 Å². The fraction of sp³-hybridized carbons (Fsp3) is 0.706. The van der Waals surface area contributed by atoms with Gasteiger partial charge in [0.1, 0.15) is 6.10 Å². The molecule has 3 heterocycles. The molecule has 7 nitrogen and oxygen atoms in total. The van der Waals surface area contributed by atoms with Crippen LogP contribution in [0, 0.1) is 11.8 Å². The van der Waals surface area contributed by atoms with Crippen LogP contribution in [0.5, 0.6) is 0 Å². The third-order valence-corrected chi connectivity index (χ3v) is 8.18. The molecule has 3 aliphatic heterocycles. The van der Waals surface area contributed by atoms with Crippen molar-refractivity contribution in [1.29, 1.82) is 0 Å². The molecule has 0 aromatic heterocycles. The molecule has 4 bridgehead atoms. The number of ether oxygens (including phenoxy) is 4. The van der Waals surface area contributed by atoms with Crippen LogP contribution in [-0.4, -0.2) is 75.1 Å². The average molecular weight is 572 g/mol. The van der Waals surface area contributed by atoms with E-state index in [0.29, 0.717) is 18.8 Å². The molecular formula is C34H53NO6. The number of cyclic esters (lactones) is 1. The van der Waals surface area contributed by atoms with Crippen molar-refractivity contribution in [2.24, 2.45) is 11.8 Å². The van der Waals surface area contributed by atoms with Crippen molar-refractivity contribution in [2.45, 2.75) is 115 Å². The first-order valence-electron chi connectivity index (χ1n) is 15.7. The monoisotopic (exact) mass is 571 g/mol. The summed E-state index contributed by atoms with van der Waals surface area (Å²) in [7, 11) is 5.58. The molecule has 0 aromatic rings. The summed E-state index contributed by atoms with van der Waals surface area (Å²) in [5.41, 5.74) is 0.955. The minimum absolute atomic E-state index is 0.0221. The van der Waals surface area contributed by atoms with E-state index < -0.39 is 0 Å². The fourth-order valence-corrected chi connectivity index (χ4v) is 5.97. The number of methoxy groups -OCH3 is 1. The lowest BCUT2D eigenvalue weighted by Gasteiger charge is -2.37. The summed E-state index contributed by atoms with van der Waals surface area (Å²) < 4.78 is 23.9. The summed E-state index contributed by atoms with van der Waals surface area (Å²) in [5.74, 6) is -0.274. The first kappa shape index (κ1) is 33.3. The van der Waals surface area contributed by atoms with Gasteiger partial charge in [0.05, 0.1) is 37.9 Å². The molecule has 0 spiro atoms. The Kier molecular flexibility index (Phi) is 14.3. The van der Waals surface area contributed by atoms with Gasteiger partial charge < -0.3 is 23.8 Å². The average Bonchev–Trinajstić information content (AvgIpc) is 2.91. The lowest BCUT2D eigenvalue weighted by molar-refractivity contribution is -0.154. The van der Waals surface area contributed by atoms with Gasteiger partial charge in [-0.2, -0.15) is 0 Å². The van der Waals surface area contributed by atoms with Crippen molar-refractivity contribution in [3.63, 3.8) is 0 Å². The van der Waals surface area contributed by atoms with E-state index in [2.05, 4.69) is 57.1 Å². The van der Waals surface area contributed by atoms with E-state index in [-0.39, 0.29) is 54.8 Å². The topological polar surface area (TPSA) is 74.3 Å². The van der Waals surface area contributed by atoms with Gasteiger partial charge in [-0.25, -0.2) is 4.79 Å². The van der Waals surface area contributed by atoms with Crippen LogP contribution >= 0.6 is 0 Å². The van der Waals surface area contributed by atoms with E-state index in [0.717, 1.165) is 57.1 Å². The highest BCUT2D eigenvalue weighted by Gasteiger charge is 2.33. The van der Waals surface area contributed by atoms with Crippen LogP contribution < -0.4 is 0 Å². The van der Waals surface area contributed by atoms with Crippen LogP contribution in [-0.2, 0) is 28.5 Å². The molecule has 0 aliphatic carbocycles. The lowest BCUT2D eigenvalue weighted by Crippen LogP contribution is -2.37. The zero-order chi connectivity index (χ0) is 29.6. The first-order valence-corrected chi connectivity index (χ1v) is 15.7. The maximum atomic E-state index is 13.2. The second-order valence-corrected chi connectivity index (χ2v) is 12.4. The third kappa shape index (κ3) is 12.7. The normalized spacial score (nSPS) is 33.8. The predicted octanol–water partition coefficient (Wildman–Crippen LogP) is 6.34. The van der Waals surface area contributed by atoms with E-state index in [1.54, 1.807) is 6.08 Å². The molecule has 2 saturated heterocycles. The van der Waals surface area contributed by atoms with Crippen molar-refractivity contribution in [3.8, 4) is 0 Å². The smallest absolute Gasteiger partial charge is 0.330 e. The van der Waals surface area contributed by atoms with E-state index in [1.165, 1.54) is 13.5 Å². The van der Waals surface area contributed by atoms with Crippen molar-refractivity contribution in [2.75, 3.05) is 27.7 Å². The lowest BCUT2D eigenvalue weighted by atomic mass is 9.89. The summed E-state index contributed by atoms with van der Waals surface area (Å²) in [5, 5.41) is 0. The molecule has 2 fully saturated rings. The molecule has 0 N–H and O–H groups in total. The molecule has 41 heavy (non-hydrogen) atoms. The number of nitrogens with zero attached hydrogens (tertiary/aromatic N) is 1. The molecular weight excluding hydrogens is 518 g/mol. The number of carbonyl (C=O) groups excluding carboxylic acids is 2. The zero-order valence-corrected chi connectivity index (χ0v) is 26.0. The quantitative estimate of drug-likeness (QED) is 0.111. The van der Waals surface area contributed by atoms with Crippen molar-refractivity contribution in [1.82, 2.24) is 4.90 Å². The van der Waals surface area contributed by atoms with E-state index in [4.69, 9.17) is 18.9 Å². The number of hydrogen-bond acceptors (Lipinski definition) is 7. The van der Waals surface area contributed by atoms with Gasteiger partial charge in [-0.1, -0.05) is 49.8 Å². The molecule has 3 aliphatic rings. The number of esters is 2. The van der Waals surface area contributed by atoms with Gasteiger partial charge in [0.2, 0.25) is 0 Å². The Morgan fingerprint density at radius 1 is 0.976 bits per heavy atom. The van der Waals surface area contributed by atoms with Crippen molar-refractivity contribution >= 4 is 11.9 Å². The number of fused-ring (bicyclic) bond motifs is 4. The van der Waals surface area contributed by atoms with Gasteiger partial charge >= 0.3 is 11.9 Å². The predicted molar refractivity (Wildman–Crippen MR) is 162 cm³/mol. The maximum Gasteiger partial charge on any atom is 0.330 e.